The fourth-order valence-corrected chi connectivity index (χ4v) is 2.84. The second-order valence-corrected chi connectivity index (χ2v) is 6.00. The van der Waals surface area contributed by atoms with Crippen LogP contribution in [0, 0.1) is 0 Å². The number of fused-ring (bicyclic) bond motifs is 1. The maximum Gasteiger partial charge on any atom is 0.281 e. The standard InChI is InChI=1S/C9H15N3O2S/c1-11(2)15(13,14)12-6-4-9-8(7-12)3-5-10-9/h3,5,10H,4,6-7H2,1-2H3. The normalized spacial score (nSPS) is 18.1. The molecule has 0 spiro atoms. The predicted molar refractivity (Wildman–Crippen MR) is 57.5 cm³/mol. The van der Waals surface area contributed by atoms with Gasteiger partial charge in [-0.3, -0.25) is 0 Å². The average molecular weight is 229 g/mol. The van der Waals surface area contributed by atoms with Crippen LogP contribution in [0.15, 0.2) is 12.3 Å². The molecule has 0 bridgehead atoms. The molecule has 0 amide bonds. The van der Waals surface area contributed by atoms with Gasteiger partial charge in [-0.05, 0) is 11.6 Å². The van der Waals surface area contributed by atoms with Crippen LogP contribution in [0.5, 0.6) is 0 Å². The van der Waals surface area contributed by atoms with E-state index in [9.17, 15) is 8.42 Å². The topological polar surface area (TPSA) is 56.4 Å². The van der Waals surface area contributed by atoms with Crippen molar-refractivity contribution in [2.45, 2.75) is 13.0 Å². The highest BCUT2D eigenvalue weighted by atomic mass is 32.2. The number of hydrogen-bond acceptors (Lipinski definition) is 2. The number of rotatable bonds is 2. The first-order valence-corrected chi connectivity index (χ1v) is 6.24. The molecule has 0 fully saturated rings. The second-order valence-electron chi connectivity index (χ2n) is 3.86. The smallest absolute Gasteiger partial charge is 0.281 e. The van der Waals surface area contributed by atoms with Crippen molar-refractivity contribution in [3.05, 3.63) is 23.5 Å². The minimum absolute atomic E-state index is 0.472. The van der Waals surface area contributed by atoms with Crippen LogP contribution in [0.25, 0.3) is 0 Å². The van der Waals surface area contributed by atoms with E-state index < -0.39 is 10.2 Å². The minimum Gasteiger partial charge on any atom is -0.365 e. The fourth-order valence-electron chi connectivity index (χ4n) is 1.75. The van der Waals surface area contributed by atoms with Gasteiger partial charge in [-0.2, -0.15) is 17.0 Å². The molecule has 1 aromatic rings. The Kier molecular flexibility index (Phi) is 2.57. The van der Waals surface area contributed by atoms with Gasteiger partial charge >= 0.3 is 0 Å². The van der Waals surface area contributed by atoms with E-state index in [2.05, 4.69) is 4.98 Å². The van der Waals surface area contributed by atoms with Gasteiger partial charge in [0.1, 0.15) is 0 Å². The number of hydrogen-bond donors (Lipinski definition) is 1. The molecule has 6 heteroatoms. The van der Waals surface area contributed by atoms with E-state index in [0.29, 0.717) is 13.1 Å². The molecular weight excluding hydrogens is 214 g/mol. The summed E-state index contributed by atoms with van der Waals surface area (Å²) in [5.74, 6) is 0. The quantitative estimate of drug-likeness (QED) is 0.786. The van der Waals surface area contributed by atoms with Crippen LogP contribution >= 0.6 is 0 Å². The van der Waals surface area contributed by atoms with Gasteiger partial charge in [-0.15, -0.1) is 0 Å². The Bertz CT molecular complexity index is 450. The molecule has 1 N–H and O–H groups in total. The lowest BCUT2D eigenvalue weighted by Crippen LogP contribution is -2.42. The van der Waals surface area contributed by atoms with Crippen molar-refractivity contribution in [1.29, 1.82) is 0 Å². The molecule has 1 aromatic heterocycles. The lowest BCUT2D eigenvalue weighted by molar-refractivity contribution is 0.357. The zero-order chi connectivity index (χ0) is 11.1. The van der Waals surface area contributed by atoms with Crippen molar-refractivity contribution in [1.82, 2.24) is 13.6 Å². The second kappa shape index (κ2) is 3.62. The van der Waals surface area contributed by atoms with E-state index in [1.54, 1.807) is 14.1 Å². The van der Waals surface area contributed by atoms with Gasteiger partial charge in [0.05, 0.1) is 0 Å². The third-order valence-electron chi connectivity index (χ3n) is 2.68. The molecule has 5 nitrogen and oxygen atoms in total. The zero-order valence-electron chi connectivity index (χ0n) is 8.90. The summed E-state index contributed by atoms with van der Waals surface area (Å²) in [6, 6.07) is 1.94. The molecule has 0 radical (unpaired) electrons. The number of nitrogens with one attached hydrogen (secondary N) is 1. The summed E-state index contributed by atoms with van der Waals surface area (Å²) in [5, 5.41) is 0. The summed E-state index contributed by atoms with van der Waals surface area (Å²) in [6.45, 7) is 1.02. The van der Waals surface area contributed by atoms with Gasteiger partial charge in [0.25, 0.3) is 10.2 Å². The van der Waals surface area contributed by atoms with Gasteiger partial charge < -0.3 is 4.98 Å². The van der Waals surface area contributed by atoms with Crippen LogP contribution in [-0.2, 0) is 23.2 Å². The molecule has 15 heavy (non-hydrogen) atoms. The summed E-state index contributed by atoms with van der Waals surface area (Å²) in [5.41, 5.74) is 2.23. The van der Waals surface area contributed by atoms with E-state index in [4.69, 9.17) is 0 Å². The Morgan fingerprint density at radius 3 is 2.87 bits per heavy atom. The monoisotopic (exact) mass is 229 g/mol. The molecule has 84 valence electrons. The molecule has 2 rings (SSSR count). The Hall–Kier alpha value is -0.850. The highest BCUT2D eigenvalue weighted by Gasteiger charge is 2.28. The van der Waals surface area contributed by atoms with E-state index in [-0.39, 0.29) is 0 Å². The van der Waals surface area contributed by atoms with Gasteiger partial charge in [-0.25, -0.2) is 0 Å². The van der Waals surface area contributed by atoms with Crippen LogP contribution in [0.1, 0.15) is 11.3 Å². The van der Waals surface area contributed by atoms with Crippen molar-refractivity contribution in [3.8, 4) is 0 Å². The van der Waals surface area contributed by atoms with Crippen LogP contribution in [0.3, 0.4) is 0 Å². The Morgan fingerprint density at radius 2 is 2.20 bits per heavy atom. The van der Waals surface area contributed by atoms with Crippen molar-refractivity contribution in [2.24, 2.45) is 0 Å². The Morgan fingerprint density at radius 1 is 1.47 bits per heavy atom. The number of H-pyrrole nitrogens is 1. The van der Waals surface area contributed by atoms with Crippen molar-refractivity contribution < 1.29 is 8.42 Å². The number of aromatic amines is 1. The summed E-state index contributed by atoms with van der Waals surface area (Å²) in [6.07, 6.45) is 2.62. The molecule has 0 unspecified atom stereocenters. The molecule has 0 atom stereocenters. The Labute approximate surface area is 89.9 Å². The molecule has 0 aliphatic carbocycles. The van der Waals surface area contributed by atoms with Gasteiger partial charge in [0.15, 0.2) is 0 Å². The summed E-state index contributed by atoms with van der Waals surface area (Å²) < 4.78 is 26.5. The highest BCUT2D eigenvalue weighted by Crippen LogP contribution is 2.20. The first-order chi connectivity index (χ1) is 7.01. The maximum atomic E-state index is 11.9. The third kappa shape index (κ3) is 1.80. The lowest BCUT2D eigenvalue weighted by Gasteiger charge is -2.28. The van der Waals surface area contributed by atoms with Crippen molar-refractivity contribution >= 4 is 10.2 Å². The SMILES string of the molecule is CN(C)S(=O)(=O)N1CCc2[nH]ccc2C1. The van der Waals surface area contributed by atoms with Crippen molar-refractivity contribution in [3.63, 3.8) is 0 Å². The van der Waals surface area contributed by atoms with Crippen LogP contribution in [0.4, 0.5) is 0 Å². The average Bonchev–Trinajstić information content (AvgIpc) is 2.63. The summed E-state index contributed by atoms with van der Waals surface area (Å²) in [4.78, 5) is 3.12. The van der Waals surface area contributed by atoms with Gasteiger partial charge in [-0.1, -0.05) is 0 Å². The minimum atomic E-state index is -3.27. The molecule has 1 aliphatic heterocycles. The van der Waals surface area contributed by atoms with E-state index >= 15 is 0 Å². The largest absolute Gasteiger partial charge is 0.365 e. The van der Waals surface area contributed by atoms with E-state index in [1.807, 2.05) is 12.3 Å². The highest BCUT2D eigenvalue weighted by molar-refractivity contribution is 7.86. The van der Waals surface area contributed by atoms with Crippen LogP contribution < -0.4 is 0 Å². The van der Waals surface area contributed by atoms with Gasteiger partial charge in [0, 0.05) is 45.5 Å². The van der Waals surface area contributed by atoms with Crippen LogP contribution in [-0.4, -0.2) is 42.7 Å². The summed E-state index contributed by atoms with van der Waals surface area (Å²) in [7, 11) is -0.153. The molecule has 0 saturated carbocycles. The molecular formula is C9H15N3O2S. The van der Waals surface area contributed by atoms with E-state index in [0.717, 1.165) is 17.7 Å². The first-order valence-electron chi connectivity index (χ1n) is 4.84. The summed E-state index contributed by atoms with van der Waals surface area (Å²) >= 11 is 0. The first kappa shape index (κ1) is 10.7. The van der Waals surface area contributed by atoms with Crippen LogP contribution in [0.2, 0.25) is 0 Å². The lowest BCUT2D eigenvalue weighted by atomic mass is 10.1. The predicted octanol–water partition coefficient (Wildman–Crippen LogP) is 0.179. The molecule has 0 aromatic carbocycles. The molecule has 1 aliphatic rings. The maximum absolute atomic E-state index is 11.9. The van der Waals surface area contributed by atoms with E-state index in [1.165, 1.54) is 8.61 Å². The number of nitrogens with zero attached hydrogens (tertiary/aromatic N) is 2. The number of aromatic nitrogens is 1. The molecule has 2 heterocycles. The Balaban J connectivity index is 2.24. The molecule has 0 saturated heterocycles. The van der Waals surface area contributed by atoms with Gasteiger partial charge in [0.2, 0.25) is 0 Å². The zero-order valence-corrected chi connectivity index (χ0v) is 9.71. The fraction of sp³-hybridized carbons (Fsp3) is 0.556. The third-order valence-corrected chi connectivity index (χ3v) is 4.56. The van der Waals surface area contributed by atoms with Crippen molar-refractivity contribution in [2.75, 3.05) is 20.6 Å².